The van der Waals surface area contributed by atoms with Gasteiger partial charge < -0.3 is 4.42 Å². The Bertz CT molecular complexity index is 964. The Morgan fingerprint density at radius 2 is 1.76 bits per heavy atom. The molecule has 0 unspecified atom stereocenters. The molecule has 4 aromatic rings. The maximum atomic E-state index is 5.72. The largest absolute Gasteiger partial charge is 0.411 e. The molecule has 0 N–H and O–H groups in total. The Hall–Kier alpha value is -3.00. The number of tetrazole rings is 1. The SMILES string of the molecule is Cc1ccc(-c2nnc(SCc3nnnn3-c3ccccc3)o2)cc1. The molecule has 0 aliphatic rings. The zero-order chi connectivity index (χ0) is 17.1. The number of benzene rings is 2. The van der Waals surface area contributed by atoms with Crippen molar-refractivity contribution in [3.8, 4) is 17.1 Å². The molecule has 7 nitrogen and oxygen atoms in total. The molecular formula is C17H14N6OS. The normalized spacial score (nSPS) is 10.9. The minimum Gasteiger partial charge on any atom is -0.411 e. The predicted molar refractivity (Wildman–Crippen MR) is 93.2 cm³/mol. The quantitative estimate of drug-likeness (QED) is 0.511. The number of para-hydroxylation sites is 1. The Balaban J connectivity index is 1.48. The van der Waals surface area contributed by atoms with E-state index >= 15 is 0 Å². The summed E-state index contributed by atoms with van der Waals surface area (Å²) in [5.41, 5.74) is 3.00. The van der Waals surface area contributed by atoms with E-state index in [4.69, 9.17) is 4.42 Å². The Labute approximate surface area is 148 Å². The van der Waals surface area contributed by atoms with Gasteiger partial charge in [-0.05, 0) is 41.6 Å². The number of hydrogen-bond donors (Lipinski definition) is 0. The monoisotopic (exact) mass is 350 g/mol. The second kappa shape index (κ2) is 6.86. The van der Waals surface area contributed by atoms with Gasteiger partial charge in [0.05, 0.1) is 11.4 Å². The average Bonchev–Trinajstić information content (AvgIpc) is 3.31. The lowest BCUT2D eigenvalue weighted by Crippen LogP contribution is -2.01. The first-order valence-electron chi connectivity index (χ1n) is 7.65. The fourth-order valence-electron chi connectivity index (χ4n) is 2.27. The van der Waals surface area contributed by atoms with Crippen molar-refractivity contribution in [2.24, 2.45) is 0 Å². The lowest BCUT2D eigenvalue weighted by Gasteiger charge is -2.02. The molecule has 25 heavy (non-hydrogen) atoms. The first-order valence-corrected chi connectivity index (χ1v) is 8.64. The average molecular weight is 350 g/mol. The van der Waals surface area contributed by atoms with E-state index in [1.165, 1.54) is 17.3 Å². The molecule has 2 aromatic heterocycles. The van der Waals surface area contributed by atoms with Crippen LogP contribution in [0.15, 0.2) is 64.2 Å². The zero-order valence-corrected chi connectivity index (χ0v) is 14.2. The molecular weight excluding hydrogens is 336 g/mol. The molecule has 0 saturated carbocycles. The van der Waals surface area contributed by atoms with Crippen molar-refractivity contribution in [2.45, 2.75) is 17.9 Å². The summed E-state index contributed by atoms with van der Waals surface area (Å²) >= 11 is 1.40. The van der Waals surface area contributed by atoms with Crippen molar-refractivity contribution >= 4 is 11.8 Å². The summed E-state index contributed by atoms with van der Waals surface area (Å²) in [6, 6.07) is 17.7. The van der Waals surface area contributed by atoms with Crippen LogP contribution in [0.5, 0.6) is 0 Å². The van der Waals surface area contributed by atoms with Gasteiger partial charge in [-0.25, -0.2) is 0 Å². The van der Waals surface area contributed by atoms with Gasteiger partial charge in [0, 0.05) is 5.56 Å². The number of nitrogens with zero attached hydrogens (tertiary/aromatic N) is 6. The van der Waals surface area contributed by atoms with Crippen LogP contribution in [0.3, 0.4) is 0 Å². The highest BCUT2D eigenvalue weighted by Gasteiger charge is 2.13. The van der Waals surface area contributed by atoms with Crippen LogP contribution in [0.25, 0.3) is 17.1 Å². The fourth-order valence-corrected chi connectivity index (χ4v) is 2.94. The number of hydrogen-bond acceptors (Lipinski definition) is 7. The number of rotatable bonds is 5. The predicted octanol–water partition coefficient (Wildman–Crippen LogP) is 3.31. The maximum Gasteiger partial charge on any atom is 0.277 e. The Morgan fingerprint density at radius 3 is 2.56 bits per heavy atom. The van der Waals surface area contributed by atoms with Gasteiger partial charge in [-0.2, -0.15) is 4.68 Å². The van der Waals surface area contributed by atoms with Crippen LogP contribution in [0, 0.1) is 6.92 Å². The molecule has 0 saturated heterocycles. The van der Waals surface area contributed by atoms with E-state index in [1.807, 2.05) is 61.5 Å². The highest BCUT2D eigenvalue weighted by Crippen LogP contribution is 2.25. The summed E-state index contributed by atoms with van der Waals surface area (Å²) in [6.07, 6.45) is 0. The van der Waals surface area contributed by atoms with E-state index in [1.54, 1.807) is 4.68 Å². The van der Waals surface area contributed by atoms with Gasteiger partial charge in [0.15, 0.2) is 5.82 Å². The molecule has 0 fully saturated rings. The van der Waals surface area contributed by atoms with Crippen molar-refractivity contribution in [1.29, 1.82) is 0 Å². The highest BCUT2D eigenvalue weighted by molar-refractivity contribution is 7.98. The minimum absolute atomic E-state index is 0.484. The molecule has 2 aromatic carbocycles. The fraction of sp³-hybridized carbons (Fsp3) is 0.118. The lowest BCUT2D eigenvalue weighted by molar-refractivity contribution is 0.465. The van der Waals surface area contributed by atoms with Crippen LogP contribution in [0.2, 0.25) is 0 Å². The van der Waals surface area contributed by atoms with Crippen LogP contribution in [0.4, 0.5) is 0 Å². The van der Waals surface area contributed by atoms with Crippen LogP contribution in [-0.4, -0.2) is 30.4 Å². The van der Waals surface area contributed by atoms with E-state index in [0.29, 0.717) is 22.7 Å². The third kappa shape index (κ3) is 3.43. The maximum absolute atomic E-state index is 5.72. The molecule has 0 aliphatic carbocycles. The second-order valence-electron chi connectivity index (χ2n) is 5.37. The van der Waals surface area contributed by atoms with E-state index in [9.17, 15) is 0 Å². The minimum atomic E-state index is 0.484. The first-order chi connectivity index (χ1) is 12.3. The van der Waals surface area contributed by atoms with Crippen molar-refractivity contribution in [3.05, 3.63) is 66.0 Å². The smallest absolute Gasteiger partial charge is 0.277 e. The third-order valence-corrected chi connectivity index (χ3v) is 4.38. The van der Waals surface area contributed by atoms with Crippen molar-refractivity contribution in [2.75, 3.05) is 0 Å². The van der Waals surface area contributed by atoms with E-state index in [2.05, 4.69) is 25.7 Å². The molecule has 0 aliphatic heterocycles. The van der Waals surface area contributed by atoms with Crippen LogP contribution in [0.1, 0.15) is 11.4 Å². The lowest BCUT2D eigenvalue weighted by atomic mass is 10.1. The van der Waals surface area contributed by atoms with Gasteiger partial charge in [0.1, 0.15) is 0 Å². The van der Waals surface area contributed by atoms with Crippen molar-refractivity contribution in [1.82, 2.24) is 30.4 Å². The number of aryl methyl sites for hydroxylation is 1. The third-order valence-electron chi connectivity index (χ3n) is 3.56. The van der Waals surface area contributed by atoms with Crippen molar-refractivity contribution < 1.29 is 4.42 Å². The summed E-state index contributed by atoms with van der Waals surface area (Å²) in [6.45, 7) is 2.04. The summed E-state index contributed by atoms with van der Waals surface area (Å²) in [5, 5.41) is 20.5. The highest BCUT2D eigenvalue weighted by atomic mass is 32.2. The number of aromatic nitrogens is 6. The Morgan fingerprint density at radius 1 is 0.960 bits per heavy atom. The summed E-state index contributed by atoms with van der Waals surface area (Å²) in [4.78, 5) is 0. The molecule has 2 heterocycles. The van der Waals surface area contributed by atoms with E-state index < -0.39 is 0 Å². The van der Waals surface area contributed by atoms with Gasteiger partial charge in [-0.15, -0.1) is 15.3 Å². The van der Waals surface area contributed by atoms with Crippen LogP contribution >= 0.6 is 11.8 Å². The van der Waals surface area contributed by atoms with Gasteiger partial charge in [-0.1, -0.05) is 47.7 Å². The topological polar surface area (TPSA) is 82.5 Å². The molecule has 0 bridgehead atoms. The molecule has 124 valence electrons. The first kappa shape index (κ1) is 15.5. The summed E-state index contributed by atoms with van der Waals surface area (Å²) < 4.78 is 7.41. The second-order valence-corrected chi connectivity index (χ2v) is 6.30. The van der Waals surface area contributed by atoms with Gasteiger partial charge >= 0.3 is 0 Å². The van der Waals surface area contributed by atoms with Gasteiger partial charge in [0.25, 0.3) is 5.22 Å². The standard InChI is InChI=1S/C17H14N6OS/c1-12-7-9-13(10-8-12)16-19-20-17(24-16)25-11-15-18-21-22-23(15)14-5-3-2-4-6-14/h2-10H,11H2,1H3. The molecule has 4 rings (SSSR count). The molecule has 8 heteroatoms. The van der Waals surface area contributed by atoms with E-state index in [-0.39, 0.29) is 0 Å². The molecule has 0 atom stereocenters. The summed E-state index contributed by atoms with van der Waals surface area (Å²) in [5.74, 6) is 1.74. The van der Waals surface area contributed by atoms with E-state index in [0.717, 1.165) is 11.3 Å². The Kier molecular flexibility index (Phi) is 4.26. The molecule has 0 spiro atoms. The summed E-state index contributed by atoms with van der Waals surface area (Å²) in [7, 11) is 0. The van der Waals surface area contributed by atoms with Crippen molar-refractivity contribution in [3.63, 3.8) is 0 Å². The zero-order valence-electron chi connectivity index (χ0n) is 13.4. The van der Waals surface area contributed by atoms with Gasteiger partial charge in [0.2, 0.25) is 5.89 Å². The van der Waals surface area contributed by atoms with Crippen LogP contribution in [-0.2, 0) is 5.75 Å². The van der Waals surface area contributed by atoms with Gasteiger partial charge in [-0.3, -0.25) is 0 Å². The molecule has 0 radical (unpaired) electrons. The number of thioether (sulfide) groups is 1. The van der Waals surface area contributed by atoms with Crippen LogP contribution < -0.4 is 0 Å². The molecule has 0 amide bonds.